The van der Waals surface area contributed by atoms with Gasteiger partial charge in [0.15, 0.2) is 5.79 Å². The first-order chi connectivity index (χ1) is 9.17. The molecular weight excluding hydrogens is 308 g/mol. The predicted molar refractivity (Wildman–Crippen MR) is 77.7 cm³/mol. The number of benzene rings is 1. The fourth-order valence-corrected chi connectivity index (χ4v) is 3.39. The summed E-state index contributed by atoms with van der Waals surface area (Å²) >= 11 is 3.58. The van der Waals surface area contributed by atoms with E-state index in [4.69, 9.17) is 15.2 Å². The van der Waals surface area contributed by atoms with Crippen LogP contribution in [0.15, 0.2) is 22.7 Å². The molecule has 5 heteroatoms. The maximum Gasteiger partial charge on any atom is 0.181 e. The Bertz CT molecular complexity index is 461. The molecule has 0 bridgehead atoms. The minimum Gasteiger partial charge on any atom is -0.399 e. The lowest BCUT2D eigenvalue weighted by molar-refractivity contribution is -0.190. The van der Waals surface area contributed by atoms with Gasteiger partial charge >= 0.3 is 0 Å². The topological polar surface area (TPSA) is 47.7 Å². The SMILES string of the molecule is Nc1ccc(CN2CCCC3(C2)OCCO3)c(Br)c1. The van der Waals surface area contributed by atoms with Crippen molar-refractivity contribution in [2.45, 2.75) is 25.2 Å². The molecule has 2 saturated heterocycles. The number of hydrogen-bond acceptors (Lipinski definition) is 4. The van der Waals surface area contributed by atoms with E-state index in [9.17, 15) is 0 Å². The Hall–Kier alpha value is -0.620. The molecule has 0 radical (unpaired) electrons. The minimum absolute atomic E-state index is 0.349. The summed E-state index contributed by atoms with van der Waals surface area (Å²) in [5.74, 6) is -0.349. The Balaban J connectivity index is 1.69. The summed E-state index contributed by atoms with van der Waals surface area (Å²) in [6.07, 6.45) is 2.12. The minimum atomic E-state index is -0.349. The van der Waals surface area contributed by atoms with Crippen LogP contribution in [0.2, 0.25) is 0 Å². The maximum atomic E-state index is 5.80. The first-order valence-corrected chi connectivity index (χ1v) is 7.50. The van der Waals surface area contributed by atoms with Crippen LogP contribution in [0.25, 0.3) is 0 Å². The zero-order valence-electron chi connectivity index (χ0n) is 10.9. The number of likely N-dealkylation sites (tertiary alicyclic amines) is 1. The van der Waals surface area contributed by atoms with E-state index in [1.807, 2.05) is 12.1 Å². The number of halogens is 1. The van der Waals surface area contributed by atoms with Crippen molar-refractivity contribution in [1.29, 1.82) is 0 Å². The monoisotopic (exact) mass is 326 g/mol. The lowest BCUT2D eigenvalue weighted by Crippen LogP contribution is -2.48. The molecule has 19 heavy (non-hydrogen) atoms. The zero-order chi connectivity index (χ0) is 13.3. The highest BCUT2D eigenvalue weighted by Gasteiger charge is 2.40. The zero-order valence-corrected chi connectivity index (χ0v) is 12.5. The molecule has 1 aromatic rings. The third kappa shape index (κ3) is 2.94. The second-order valence-electron chi connectivity index (χ2n) is 5.27. The van der Waals surface area contributed by atoms with Crippen LogP contribution in [-0.2, 0) is 16.0 Å². The van der Waals surface area contributed by atoms with Gasteiger partial charge in [0, 0.05) is 23.1 Å². The highest BCUT2D eigenvalue weighted by Crippen LogP contribution is 2.31. The van der Waals surface area contributed by atoms with Crippen LogP contribution in [0.4, 0.5) is 5.69 Å². The summed E-state index contributed by atoms with van der Waals surface area (Å²) in [5, 5.41) is 0. The molecule has 2 aliphatic rings. The number of rotatable bonds is 2. The van der Waals surface area contributed by atoms with Gasteiger partial charge in [-0.15, -0.1) is 0 Å². The van der Waals surface area contributed by atoms with Crippen molar-refractivity contribution >= 4 is 21.6 Å². The number of nitrogens with two attached hydrogens (primary N) is 1. The van der Waals surface area contributed by atoms with Gasteiger partial charge in [0.25, 0.3) is 0 Å². The Morgan fingerprint density at radius 3 is 2.84 bits per heavy atom. The molecule has 4 nitrogen and oxygen atoms in total. The van der Waals surface area contributed by atoms with Gasteiger partial charge in [-0.2, -0.15) is 0 Å². The second-order valence-corrected chi connectivity index (χ2v) is 6.13. The average molecular weight is 327 g/mol. The normalized spacial score (nSPS) is 23.0. The Morgan fingerprint density at radius 2 is 2.11 bits per heavy atom. The number of anilines is 1. The third-order valence-electron chi connectivity index (χ3n) is 3.78. The summed E-state index contributed by atoms with van der Waals surface area (Å²) in [5.41, 5.74) is 7.81. The van der Waals surface area contributed by atoms with Crippen molar-refractivity contribution < 1.29 is 9.47 Å². The van der Waals surface area contributed by atoms with Crippen molar-refractivity contribution in [3.05, 3.63) is 28.2 Å². The fourth-order valence-electron chi connectivity index (χ4n) is 2.87. The van der Waals surface area contributed by atoms with Crippen LogP contribution >= 0.6 is 15.9 Å². The van der Waals surface area contributed by atoms with E-state index in [-0.39, 0.29) is 5.79 Å². The molecule has 0 saturated carbocycles. The summed E-state index contributed by atoms with van der Waals surface area (Å²) in [6, 6.07) is 5.98. The molecule has 0 aliphatic carbocycles. The van der Waals surface area contributed by atoms with Crippen LogP contribution in [0.5, 0.6) is 0 Å². The van der Waals surface area contributed by atoms with Crippen LogP contribution < -0.4 is 5.73 Å². The summed E-state index contributed by atoms with van der Waals surface area (Å²) in [6.45, 7) is 4.28. The van der Waals surface area contributed by atoms with E-state index < -0.39 is 0 Å². The van der Waals surface area contributed by atoms with Gasteiger partial charge in [-0.05, 0) is 30.7 Å². The quantitative estimate of drug-likeness (QED) is 0.847. The number of nitrogens with zero attached hydrogens (tertiary/aromatic N) is 1. The van der Waals surface area contributed by atoms with Crippen molar-refractivity contribution in [3.63, 3.8) is 0 Å². The van der Waals surface area contributed by atoms with Crippen LogP contribution in [-0.4, -0.2) is 37.0 Å². The highest BCUT2D eigenvalue weighted by molar-refractivity contribution is 9.10. The predicted octanol–water partition coefficient (Wildman–Crippen LogP) is 2.37. The lowest BCUT2D eigenvalue weighted by atomic mass is 10.0. The van der Waals surface area contributed by atoms with E-state index in [1.54, 1.807) is 0 Å². The summed E-state index contributed by atoms with van der Waals surface area (Å²) in [4.78, 5) is 2.39. The largest absolute Gasteiger partial charge is 0.399 e. The first kappa shape index (κ1) is 13.4. The Labute approximate surface area is 122 Å². The van der Waals surface area contributed by atoms with Crippen molar-refractivity contribution in [2.24, 2.45) is 0 Å². The molecule has 0 unspecified atom stereocenters. The van der Waals surface area contributed by atoms with Gasteiger partial charge < -0.3 is 15.2 Å². The van der Waals surface area contributed by atoms with Crippen molar-refractivity contribution in [1.82, 2.24) is 4.90 Å². The third-order valence-corrected chi connectivity index (χ3v) is 4.52. The standard InChI is InChI=1S/C14H19BrN2O2/c15-13-8-12(16)3-2-11(13)9-17-5-1-4-14(10-17)18-6-7-19-14/h2-3,8H,1,4-7,9-10,16H2. The van der Waals surface area contributed by atoms with Crippen molar-refractivity contribution in [2.75, 3.05) is 32.0 Å². The van der Waals surface area contributed by atoms with Gasteiger partial charge in [0.1, 0.15) is 0 Å². The van der Waals surface area contributed by atoms with E-state index in [2.05, 4.69) is 26.9 Å². The number of ether oxygens (including phenoxy) is 2. The highest BCUT2D eigenvalue weighted by atomic mass is 79.9. The van der Waals surface area contributed by atoms with Gasteiger partial charge in [0.05, 0.1) is 19.8 Å². The average Bonchev–Trinajstić information content (AvgIpc) is 2.81. The molecule has 1 aromatic carbocycles. The molecule has 2 aliphatic heterocycles. The molecule has 0 atom stereocenters. The van der Waals surface area contributed by atoms with Gasteiger partial charge in [-0.3, -0.25) is 4.90 Å². The molecule has 3 rings (SSSR count). The van der Waals surface area contributed by atoms with Crippen LogP contribution in [0.3, 0.4) is 0 Å². The molecular formula is C14H19BrN2O2. The first-order valence-electron chi connectivity index (χ1n) is 6.71. The number of nitrogen functional groups attached to an aromatic ring is 1. The second kappa shape index (κ2) is 5.40. The molecule has 2 N–H and O–H groups in total. The van der Waals surface area contributed by atoms with E-state index >= 15 is 0 Å². The Morgan fingerprint density at radius 1 is 1.32 bits per heavy atom. The summed E-state index contributed by atoms with van der Waals surface area (Å²) in [7, 11) is 0. The molecule has 2 fully saturated rings. The van der Waals surface area contributed by atoms with E-state index in [1.165, 1.54) is 5.56 Å². The Kier molecular flexibility index (Phi) is 3.80. The molecule has 1 spiro atoms. The lowest BCUT2D eigenvalue weighted by Gasteiger charge is -2.38. The van der Waals surface area contributed by atoms with Crippen LogP contribution in [0.1, 0.15) is 18.4 Å². The molecule has 2 heterocycles. The molecule has 0 aromatic heterocycles. The summed E-state index contributed by atoms with van der Waals surface area (Å²) < 4.78 is 12.7. The van der Waals surface area contributed by atoms with E-state index in [0.29, 0.717) is 0 Å². The number of piperidine rings is 1. The molecule has 104 valence electrons. The van der Waals surface area contributed by atoms with Gasteiger partial charge in [-0.25, -0.2) is 0 Å². The van der Waals surface area contributed by atoms with Gasteiger partial charge in [0.2, 0.25) is 0 Å². The van der Waals surface area contributed by atoms with Gasteiger partial charge in [-0.1, -0.05) is 22.0 Å². The van der Waals surface area contributed by atoms with E-state index in [0.717, 1.165) is 55.8 Å². The smallest absolute Gasteiger partial charge is 0.181 e. The maximum absolute atomic E-state index is 5.80. The van der Waals surface area contributed by atoms with Crippen LogP contribution in [0, 0.1) is 0 Å². The molecule has 0 amide bonds. The number of hydrogen-bond donors (Lipinski definition) is 1. The fraction of sp³-hybridized carbons (Fsp3) is 0.571. The van der Waals surface area contributed by atoms with Crippen molar-refractivity contribution in [3.8, 4) is 0 Å².